The molecule has 2 aromatic rings. The lowest BCUT2D eigenvalue weighted by Gasteiger charge is -2.37. The molecule has 2 atom stereocenters. The van der Waals surface area contributed by atoms with Crippen LogP contribution in [0.1, 0.15) is 26.2 Å². The lowest BCUT2D eigenvalue weighted by molar-refractivity contribution is -0.122. The summed E-state index contributed by atoms with van der Waals surface area (Å²) in [5.74, 6) is -0.295. The average molecular weight is 487 g/mol. The number of likely N-dealkylation sites (tertiary alicyclic amines) is 1. The fraction of sp³-hybridized carbons (Fsp3) is 0.474. The van der Waals surface area contributed by atoms with Crippen molar-refractivity contribution in [2.75, 3.05) is 13.2 Å². The Morgan fingerprint density at radius 1 is 1.41 bits per heavy atom. The van der Waals surface area contributed by atoms with Crippen molar-refractivity contribution in [3.8, 4) is 0 Å². The predicted molar refractivity (Wildman–Crippen MR) is 111 cm³/mol. The number of ketones is 1. The molecule has 1 aromatic carbocycles. The zero-order valence-corrected chi connectivity index (χ0v) is 18.1. The monoisotopic (exact) mass is 485 g/mol. The highest BCUT2D eigenvalue weighted by Crippen LogP contribution is 2.26. The first kappa shape index (κ1) is 21.7. The SMILES string of the molecule is CCOC(=O)N1CCC[C@H](O)C1CC(=O)Cn1cnc2cc(Br)c(Cl)cc2c1=O. The summed E-state index contributed by atoms with van der Waals surface area (Å²) in [5, 5.41) is 11.0. The molecule has 1 N–H and O–H groups in total. The summed E-state index contributed by atoms with van der Waals surface area (Å²) in [7, 11) is 0. The average Bonchev–Trinajstić information content (AvgIpc) is 2.67. The molecule has 1 aromatic heterocycles. The van der Waals surface area contributed by atoms with Crippen molar-refractivity contribution < 1.29 is 19.4 Å². The first-order valence-electron chi connectivity index (χ1n) is 9.29. The number of hydrogen-bond acceptors (Lipinski definition) is 6. The number of amides is 1. The first-order chi connectivity index (χ1) is 13.8. The van der Waals surface area contributed by atoms with Gasteiger partial charge in [0.2, 0.25) is 0 Å². The minimum Gasteiger partial charge on any atom is -0.450 e. The number of benzene rings is 1. The summed E-state index contributed by atoms with van der Waals surface area (Å²) in [6.07, 6.45) is 0.997. The molecule has 1 saturated heterocycles. The number of nitrogens with zero attached hydrogens (tertiary/aromatic N) is 3. The highest BCUT2D eigenvalue weighted by atomic mass is 79.9. The van der Waals surface area contributed by atoms with Gasteiger partial charge in [0.15, 0.2) is 5.78 Å². The molecule has 0 bridgehead atoms. The number of Topliss-reactive ketones (excluding diaryl/α,β-unsaturated/α-hetero) is 1. The molecule has 1 unspecified atom stereocenters. The van der Waals surface area contributed by atoms with E-state index < -0.39 is 18.2 Å². The summed E-state index contributed by atoms with van der Waals surface area (Å²) in [5.41, 5.74) is 0.0790. The van der Waals surface area contributed by atoms with Crippen LogP contribution in [0.5, 0.6) is 0 Å². The van der Waals surface area contributed by atoms with Gasteiger partial charge in [-0.15, -0.1) is 0 Å². The molecule has 1 fully saturated rings. The van der Waals surface area contributed by atoms with Crippen LogP contribution in [0.2, 0.25) is 5.02 Å². The molecule has 29 heavy (non-hydrogen) atoms. The first-order valence-corrected chi connectivity index (χ1v) is 10.5. The van der Waals surface area contributed by atoms with Crippen molar-refractivity contribution in [1.29, 1.82) is 0 Å². The molecule has 156 valence electrons. The number of fused-ring (bicyclic) bond motifs is 1. The van der Waals surface area contributed by atoms with Gasteiger partial charge >= 0.3 is 6.09 Å². The number of aliphatic hydroxyl groups excluding tert-OH is 1. The Labute approximate surface area is 180 Å². The van der Waals surface area contributed by atoms with E-state index in [2.05, 4.69) is 20.9 Å². The summed E-state index contributed by atoms with van der Waals surface area (Å²) < 4.78 is 6.86. The molecule has 1 amide bonds. The van der Waals surface area contributed by atoms with Crippen molar-refractivity contribution in [3.63, 3.8) is 0 Å². The molecular weight excluding hydrogens is 466 g/mol. The number of carbonyl (C=O) groups excluding carboxylic acids is 2. The number of aliphatic hydroxyl groups is 1. The van der Waals surface area contributed by atoms with Gasteiger partial charge in [-0.25, -0.2) is 9.78 Å². The maximum Gasteiger partial charge on any atom is 0.410 e. The smallest absolute Gasteiger partial charge is 0.410 e. The second-order valence-electron chi connectivity index (χ2n) is 6.87. The lowest BCUT2D eigenvalue weighted by Crippen LogP contribution is -2.52. The van der Waals surface area contributed by atoms with Crippen LogP contribution in [0.15, 0.2) is 27.7 Å². The van der Waals surface area contributed by atoms with Crippen LogP contribution in [0.25, 0.3) is 10.9 Å². The Morgan fingerprint density at radius 3 is 2.90 bits per heavy atom. The molecule has 0 radical (unpaired) electrons. The normalized spacial score (nSPS) is 19.4. The van der Waals surface area contributed by atoms with Gasteiger partial charge in [0.25, 0.3) is 5.56 Å². The molecular formula is C19H21BrClN3O5. The van der Waals surface area contributed by atoms with E-state index >= 15 is 0 Å². The Morgan fingerprint density at radius 2 is 2.17 bits per heavy atom. The van der Waals surface area contributed by atoms with Gasteiger partial charge in [-0.3, -0.25) is 14.2 Å². The van der Waals surface area contributed by atoms with Crippen molar-refractivity contribution in [1.82, 2.24) is 14.5 Å². The Balaban J connectivity index is 1.79. The van der Waals surface area contributed by atoms with E-state index in [1.165, 1.54) is 21.9 Å². The largest absolute Gasteiger partial charge is 0.450 e. The van der Waals surface area contributed by atoms with Crippen LogP contribution in [-0.2, 0) is 16.1 Å². The van der Waals surface area contributed by atoms with Gasteiger partial charge in [-0.2, -0.15) is 0 Å². The third kappa shape index (κ3) is 4.79. The highest BCUT2D eigenvalue weighted by Gasteiger charge is 2.35. The fourth-order valence-electron chi connectivity index (χ4n) is 3.47. The van der Waals surface area contributed by atoms with Crippen molar-refractivity contribution in [2.45, 2.75) is 44.9 Å². The zero-order valence-electron chi connectivity index (χ0n) is 15.8. The number of rotatable bonds is 5. The Kier molecular flexibility index (Phi) is 6.92. The standard InChI is InChI=1S/C19H21BrClN3O5/c1-2-29-19(28)24-5-3-4-17(26)16(24)6-11(25)9-23-10-22-15-8-13(20)14(21)7-12(15)18(23)27/h7-8,10,16-17,26H,2-6,9H2,1H3/t16?,17-/m0/s1. The van der Waals surface area contributed by atoms with Gasteiger partial charge in [0.1, 0.15) is 0 Å². The van der Waals surface area contributed by atoms with E-state index in [0.717, 1.165) is 0 Å². The van der Waals surface area contributed by atoms with Crippen LogP contribution in [0, 0.1) is 0 Å². The zero-order chi connectivity index (χ0) is 21.1. The third-order valence-electron chi connectivity index (χ3n) is 4.90. The fourth-order valence-corrected chi connectivity index (χ4v) is 3.96. The molecule has 0 saturated carbocycles. The number of ether oxygens (including phenoxy) is 1. The van der Waals surface area contributed by atoms with Gasteiger partial charge in [-0.05, 0) is 47.8 Å². The van der Waals surface area contributed by atoms with Gasteiger partial charge < -0.3 is 14.7 Å². The molecule has 0 aliphatic carbocycles. The van der Waals surface area contributed by atoms with E-state index in [-0.39, 0.29) is 30.9 Å². The van der Waals surface area contributed by atoms with E-state index in [4.69, 9.17) is 16.3 Å². The Hall–Kier alpha value is -1.97. The quantitative estimate of drug-likeness (QED) is 0.697. The van der Waals surface area contributed by atoms with E-state index in [0.29, 0.717) is 39.8 Å². The minimum absolute atomic E-state index is 0.0778. The van der Waals surface area contributed by atoms with Gasteiger partial charge in [0, 0.05) is 17.4 Å². The number of carbonyl (C=O) groups is 2. The number of piperidine rings is 1. The molecule has 10 heteroatoms. The topological polar surface area (TPSA) is 102 Å². The molecule has 1 aliphatic heterocycles. The summed E-state index contributed by atoms with van der Waals surface area (Å²) in [4.78, 5) is 43.1. The maximum absolute atomic E-state index is 12.7. The van der Waals surface area contributed by atoms with E-state index in [9.17, 15) is 19.5 Å². The number of aromatic nitrogens is 2. The van der Waals surface area contributed by atoms with E-state index in [1.807, 2.05) is 0 Å². The molecule has 0 spiro atoms. The van der Waals surface area contributed by atoms with Crippen LogP contribution in [0.3, 0.4) is 0 Å². The summed E-state index contributed by atoms with van der Waals surface area (Å²) in [6.45, 7) is 2.11. The lowest BCUT2D eigenvalue weighted by atomic mass is 9.95. The predicted octanol–water partition coefficient (Wildman–Crippen LogP) is 2.75. The molecule has 1 aliphatic rings. The van der Waals surface area contributed by atoms with Gasteiger partial charge in [-0.1, -0.05) is 11.6 Å². The van der Waals surface area contributed by atoms with Crippen LogP contribution in [-0.4, -0.2) is 56.7 Å². The minimum atomic E-state index is -0.820. The second-order valence-corrected chi connectivity index (χ2v) is 8.13. The number of hydrogen-bond donors (Lipinski definition) is 1. The van der Waals surface area contributed by atoms with Crippen molar-refractivity contribution in [3.05, 3.63) is 38.3 Å². The van der Waals surface area contributed by atoms with E-state index in [1.54, 1.807) is 13.0 Å². The summed E-state index contributed by atoms with van der Waals surface area (Å²) >= 11 is 9.35. The van der Waals surface area contributed by atoms with Crippen LogP contribution < -0.4 is 5.56 Å². The van der Waals surface area contributed by atoms with Crippen molar-refractivity contribution >= 4 is 50.3 Å². The second kappa shape index (κ2) is 9.23. The molecule has 2 heterocycles. The molecule has 3 rings (SSSR count). The molecule has 8 nitrogen and oxygen atoms in total. The number of halogens is 2. The van der Waals surface area contributed by atoms with Crippen LogP contribution >= 0.6 is 27.5 Å². The van der Waals surface area contributed by atoms with Gasteiger partial charge in [0.05, 0.1) is 47.6 Å². The third-order valence-corrected chi connectivity index (χ3v) is 6.09. The Bertz CT molecular complexity index is 996. The summed E-state index contributed by atoms with van der Waals surface area (Å²) in [6, 6.07) is 2.47. The highest BCUT2D eigenvalue weighted by molar-refractivity contribution is 9.10. The maximum atomic E-state index is 12.7. The van der Waals surface area contributed by atoms with Crippen molar-refractivity contribution in [2.24, 2.45) is 0 Å². The van der Waals surface area contributed by atoms with Crippen LogP contribution in [0.4, 0.5) is 4.79 Å².